The van der Waals surface area contributed by atoms with Crippen molar-refractivity contribution in [1.82, 2.24) is 10.3 Å². The van der Waals surface area contributed by atoms with Crippen molar-refractivity contribution in [3.05, 3.63) is 30.1 Å². The topological polar surface area (TPSA) is 24.9 Å². The van der Waals surface area contributed by atoms with Gasteiger partial charge in [0.15, 0.2) is 0 Å². The van der Waals surface area contributed by atoms with Crippen LogP contribution in [0.2, 0.25) is 0 Å². The minimum Gasteiger partial charge on any atom is -0.310 e. The maximum Gasteiger partial charge on any atom is 0.0541 e. The normalized spacial score (nSPS) is 9.00. The molecule has 68 valence electrons. The summed E-state index contributed by atoms with van der Waals surface area (Å²) in [6.45, 7) is 3.61. The first kappa shape index (κ1) is 9.76. The smallest absolute Gasteiger partial charge is 0.0541 e. The van der Waals surface area contributed by atoms with Gasteiger partial charge in [-0.05, 0) is 19.1 Å². The second kappa shape index (κ2) is 6.22. The fraction of sp³-hybridized carbons (Fsp3) is 0.364. The predicted octanol–water partition coefficient (Wildman–Crippen LogP) is 1.58. The Bertz CT molecular complexity index is 282. The minimum atomic E-state index is 0.826. The second-order valence-corrected chi connectivity index (χ2v) is 2.67. The number of pyridine rings is 1. The van der Waals surface area contributed by atoms with Gasteiger partial charge in [-0.15, -0.1) is 11.8 Å². The van der Waals surface area contributed by atoms with E-state index in [4.69, 9.17) is 0 Å². The molecule has 2 heteroatoms. The Labute approximate surface area is 79.4 Å². The van der Waals surface area contributed by atoms with E-state index in [2.05, 4.69) is 22.1 Å². The molecular weight excluding hydrogens is 160 g/mol. The van der Waals surface area contributed by atoms with Gasteiger partial charge in [0.25, 0.3) is 0 Å². The third-order valence-corrected chi connectivity index (χ3v) is 1.64. The van der Waals surface area contributed by atoms with Gasteiger partial charge in [-0.25, -0.2) is 0 Å². The lowest BCUT2D eigenvalue weighted by molar-refractivity contribution is 0.687. The van der Waals surface area contributed by atoms with Crippen LogP contribution in [0.5, 0.6) is 0 Å². The first-order valence-corrected chi connectivity index (χ1v) is 4.43. The fourth-order valence-corrected chi connectivity index (χ4v) is 0.995. The molecule has 0 aromatic carbocycles. The van der Waals surface area contributed by atoms with Crippen LogP contribution in [0.25, 0.3) is 0 Å². The average molecular weight is 174 g/mol. The van der Waals surface area contributed by atoms with Crippen LogP contribution in [0.4, 0.5) is 0 Å². The Morgan fingerprint density at radius 3 is 3.08 bits per heavy atom. The summed E-state index contributed by atoms with van der Waals surface area (Å²) >= 11 is 0. The molecule has 0 aliphatic heterocycles. The summed E-state index contributed by atoms with van der Waals surface area (Å²) in [5.74, 6) is 5.86. The van der Waals surface area contributed by atoms with Crippen molar-refractivity contribution < 1.29 is 0 Å². The zero-order valence-corrected chi connectivity index (χ0v) is 7.88. The van der Waals surface area contributed by atoms with Gasteiger partial charge >= 0.3 is 0 Å². The molecular formula is C11H14N2. The summed E-state index contributed by atoms with van der Waals surface area (Å²) in [5, 5.41) is 3.27. The minimum absolute atomic E-state index is 0.826. The van der Waals surface area contributed by atoms with Crippen molar-refractivity contribution in [3.63, 3.8) is 0 Å². The van der Waals surface area contributed by atoms with E-state index in [1.54, 1.807) is 0 Å². The van der Waals surface area contributed by atoms with Gasteiger partial charge in [-0.3, -0.25) is 4.98 Å². The third-order valence-electron chi connectivity index (χ3n) is 1.64. The van der Waals surface area contributed by atoms with Gasteiger partial charge in [0.05, 0.1) is 5.69 Å². The SMILES string of the molecule is CC#CCCNCc1ccccn1. The van der Waals surface area contributed by atoms with Crippen molar-refractivity contribution in [1.29, 1.82) is 0 Å². The van der Waals surface area contributed by atoms with Crippen LogP contribution in [0.15, 0.2) is 24.4 Å². The zero-order chi connectivity index (χ0) is 9.36. The lowest BCUT2D eigenvalue weighted by Gasteiger charge is -2.00. The van der Waals surface area contributed by atoms with Gasteiger partial charge in [0, 0.05) is 25.7 Å². The van der Waals surface area contributed by atoms with Crippen molar-refractivity contribution in [2.75, 3.05) is 6.54 Å². The van der Waals surface area contributed by atoms with Crippen LogP contribution < -0.4 is 5.32 Å². The molecule has 1 heterocycles. The Morgan fingerprint density at radius 1 is 1.46 bits per heavy atom. The summed E-state index contributed by atoms with van der Waals surface area (Å²) in [4.78, 5) is 4.20. The van der Waals surface area contributed by atoms with Gasteiger partial charge in [0.2, 0.25) is 0 Å². The molecule has 0 aliphatic rings. The number of nitrogens with one attached hydrogen (secondary N) is 1. The Kier molecular flexibility index (Phi) is 4.66. The highest BCUT2D eigenvalue weighted by Gasteiger charge is 1.89. The number of aromatic nitrogens is 1. The number of nitrogens with zero attached hydrogens (tertiary/aromatic N) is 1. The van der Waals surface area contributed by atoms with E-state index in [1.807, 2.05) is 31.3 Å². The van der Waals surface area contributed by atoms with Crippen LogP contribution in [0, 0.1) is 11.8 Å². The highest BCUT2D eigenvalue weighted by Crippen LogP contribution is 1.91. The van der Waals surface area contributed by atoms with E-state index >= 15 is 0 Å². The van der Waals surface area contributed by atoms with Gasteiger partial charge in [-0.1, -0.05) is 6.07 Å². The van der Waals surface area contributed by atoms with E-state index < -0.39 is 0 Å². The molecule has 1 aromatic heterocycles. The van der Waals surface area contributed by atoms with Crippen LogP contribution in [-0.4, -0.2) is 11.5 Å². The first-order chi connectivity index (χ1) is 6.43. The molecule has 0 saturated carbocycles. The average Bonchev–Trinajstić information content (AvgIpc) is 2.19. The van der Waals surface area contributed by atoms with Crippen molar-refractivity contribution in [3.8, 4) is 11.8 Å². The molecule has 0 bridgehead atoms. The monoisotopic (exact) mass is 174 g/mol. The van der Waals surface area contributed by atoms with Gasteiger partial charge in [0.1, 0.15) is 0 Å². The molecule has 0 saturated heterocycles. The molecule has 0 unspecified atom stereocenters. The third kappa shape index (κ3) is 4.29. The molecule has 0 radical (unpaired) electrons. The summed E-state index contributed by atoms with van der Waals surface area (Å²) in [6.07, 6.45) is 2.71. The van der Waals surface area contributed by atoms with Crippen LogP contribution in [0.3, 0.4) is 0 Å². The zero-order valence-electron chi connectivity index (χ0n) is 7.88. The molecule has 2 nitrogen and oxygen atoms in total. The molecule has 13 heavy (non-hydrogen) atoms. The lowest BCUT2D eigenvalue weighted by atomic mass is 10.3. The molecule has 0 spiro atoms. The Hall–Kier alpha value is -1.33. The van der Waals surface area contributed by atoms with E-state index in [-0.39, 0.29) is 0 Å². The van der Waals surface area contributed by atoms with Crippen LogP contribution in [0.1, 0.15) is 19.0 Å². The van der Waals surface area contributed by atoms with Crippen LogP contribution in [-0.2, 0) is 6.54 Å². The number of hydrogen-bond donors (Lipinski definition) is 1. The Morgan fingerprint density at radius 2 is 2.38 bits per heavy atom. The second-order valence-electron chi connectivity index (χ2n) is 2.67. The molecule has 1 N–H and O–H groups in total. The van der Waals surface area contributed by atoms with Crippen molar-refractivity contribution >= 4 is 0 Å². The molecule has 0 fully saturated rings. The molecule has 1 rings (SSSR count). The summed E-state index contributed by atoms with van der Waals surface area (Å²) < 4.78 is 0. The van der Waals surface area contributed by atoms with E-state index in [9.17, 15) is 0 Å². The molecule has 0 aliphatic carbocycles. The number of hydrogen-bond acceptors (Lipinski definition) is 2. The highest BCUT2D eigenvalue weighted by molar-refractivity contribution is 5.03. The van der Waals surface area contributed by atoms with Gasteiger partial charge < -0.3 is 5.32 Å². The summed E-state index contributed by atoms with van der Waals surface area (Å²) in [6, 6.07) is 5.93. The molecule has 0 amide bonds. The van der Waals surface area contributed by atoms with Crippen molar-refractivity contribution in [2.24, 2.45) is 0 Å². The number of rotatable bonds is 4. The summed E-state index contributed by atoms with van der Waals surface area (Å²) in [5.41, 5.74) is 1.08. The van der Waals surface area contributed by atoms with Gasteiger partial charge in [-0.2, -0.15) is 0 Å². The van der Waals surface area contributed by atoms with E-state index in [0.29, 0.717) is 0 Å². The highest BCUT2D eigenvalue weighted by atomic mass is 14.9. The standard InChI is InChI=1S/C11H14N2/c1-2-3-5-8-12-10-11-7-4-6-9-13-11/h4,6-7,9,12H,5,8,10H2,1H3. The van der Waals surface area contributed by atoms with E-state index in [0.717, 1.165) is 25.2 Å². The van der Waals surface area contributed by atoms with Crippen molar-refractivity contribution in [2.45, 2.75) is 19.9 Å². The largest absolute Gasteiger partial charge is 0.310 e. The Balaban J connectivity index is 2.16. The first-order valence-electron chi connectivity index (χ1n) is 4.43. The van der Waals surface area contributed by atoms with Crippen LogP contribution >= 0.6 is 0 Å². The molecule has 0 atom stereocenters. The quantitative estimate of drug-likeness (QED) is 0.554. The lowest BCUT2D eigenvalue weighted by Crippen LogP contribution is -2.14. The predicted molar refractivity (Wildman–Crippen MR) is 54.0 cm³/mol. The maximum atomic E-state index is 4.20. The maximum absolute atomic E-state index is 4.20. The fourth-order valence-electron chi connectivity index (χ4n) is 0.995. The van der Waals surface area contributed by atoms with E-state index in [1.165, 1.54) is 0 Å². The molecule has 1 aromatic rings. The summed E-state index contributed by atoms with van der Waals surface area (Å²) in [7, 11) is 0.